The van der Waals surface area contributed by atoms with E-state index in [2.05, 4.69) is 13.8 Å². The fraction of sp³-hybridized carbons (Fsp3) is 0.455. The monoisotopic (exact) mass is 228 g/mol. The van der Waals surface area contributed by atoms with Gasteiger partial charge in [0.2, 0.25) is 0 Å². The van der Waals surface area contributed by atoms with Crippen LogP contribution in [0.5, 0.6) is 5.75 Å². The lowest BCUT2D eigenvalue weighted by atomic mass is 9.96. The zero-order valence-electron chi connectivity index (χ0n) is 9.05. The van der Waals surface area contributed by atoms with Gasteiger partial charge in [0.25, 0.3) is 0 Å². The van der Waals surface area contributed by atoms with E-state index in [4.69, 9.17) is 14.3 Å². The Morgan fingerprint density at radius 3 is 2.60 bits per heavy atom. The fourth-order valence-corrected chi connectivity index (χ4v) is 1.99. The summed E-state index contributed by atoms with van der Waals surface area (Å²) in [6.45, 7) is 4.24. The molecule has 1 atom stereocenters. The standard InChI is InChI=1S/C11H17O3P/c1-3-6-9(2)10-7-4-5-8-11(10)14-15(12)13/h4-5,7-9,12-13H,3,6H2,1-2H3. The highest BCUT2D eigenvalue weighted by Gasteiger charge is 2.12. The third-order valence-corrected chi connectivity index (χ3v) is 2.71. The second-order valence-electron chi connectivity index (χ2n) is 3.57. The molecular formula is C11H17O3P. The summed E-state index contributed by atoms with van der Waals surface area (Å²) in [6.07, 6.45) is 2.16. The Kier molecular flexibility index (Phi) is 5.03. The Balaban J connectivity index is 2.85. The van der Waals surface area contributed by atoms with Gasteiger partial charge in [-0.1, -0.05) is 38.5 Å². The zero-order valence-corrected chi connectivity index (χ0v) is 9.95. The van der Waals surface area contributed by atoms with Crippen LogP contribution in [0.1, 0.15) is 38.2 Å². The van der Waals surface area contributed by atoms with Crippen molar-refractivity contribution < 1.29 is 14.3 Å². The normalized spacial score (nSPS) is 12.9. The Bertz CT molecular complexity index is 302. The average molecular weight is 228 g/mol. The quantitative estimate of drug-likeness (QED) is 0.761. The molecule has 0 amide bonds. The van der Waals surface area contributed by atoms with Gasteiger partial charge < -0.3 is 14.3 Å². The summed E-state index contributed by atoms with van der Waals surface area (Å²) in [5.74, 6) is 0.954. The second kappa shape index (κ2) is 6.06. The largest absolute Gasteiger partial charge is 0.427 e. The van der Waals surface area contributed by atoms with Crippen LogP contribution in [0.4, 0.5) is 0 Å². The van der Waals surface area contributed by atoms with Gasteiger partial charge >= 0.3 is 8.60 Å². The summed E-state index contributed by atoms with van der Waals surface area (Å²) in [7, 11) is -2.33. The van der Waals surface area contributed by atoms with Crippen molar-refractivity contribution in [3.8, 4) is 5.75 Å². The molecule has 0 fully saturated rings. The van der Waals surface area contributed by atoms with Crippen LogP contribution < -0.4 is 4.52 Å². The van der Waals surface area contributed by atoms with Crippen molar-refractivity contribution in [2.75, 3.05) is 0 Å². The first-order chi connectivity index (χ1) is 7.15. The summed E-state index contributed by atoms with van der Waals surface area (Å²) in [5, 5.41) is 0. The van der Waals surface area contributed by atoms with E-state index in [0.717, 1.165) is 18.4 Å². The zero-order chi connectivity index (χ0) is 11.3. The van der Waals surface area contributed by atoms with E-state index in [1.54, 1.807) is 6.07 Å². The minimum Gasteiger partial charge on any atom is -0.427 e. The second-order valence-corrected chi connectivity index (χ2v) is 4.26. The maximum atomic E-state index is 8.84. The highest BCUT2D eigenvalue weighted by atomic mass is 31.2. The molecule has 4 heteroatoms. The summed E-state index contributed by atoms with van der Waals surface area (Å²) >= 11 is 0. The van der Waals surface area contributed by atoms with Crippen LogP contribution in [-0.2, 0) is 0 Å². The van der Waals surface area contributed by atoms with Crippen molar-refractivity contribution in [1.29, 1.82) is 0 Å². The molecule has 0 heterocycles. The third kappa shape index (κ3) is 3.78. The third-order valence-electron chi connectivity index (χ3n) is 2.35. The molecule has 0 aromatic heterocycles. The van der Waals surface area contributed by atoms with E-state index < -0.39 is 8.60 Å². The van der Waals surface area contributed by atoms with Crippen LogP contribution in [-0.4, -0.2) is 9.79 Å². The van der Waals surface area contributed by atoms with Crippen LogP contribution in [0.25, 0.3) is 0 Å². The first-order valence-electron chi connectivity index (χ1n) is 5.10. The van der Waals surface area contributed by atoms with E-state index in [-0.39, 0.29) is 0 Å². The van der Waals surface area contributed by atoms with Crippen molar-refractivity contribution in [1.82, 2.24) is 0 Å². The highest BCUT2D eigenvalue weighted by molar-refractivity contribution is 7.39. The SMILES string of the molecule is CCCC(C)c1ccccc1OP(O)O. The van der Waals surface area contributed by atoms with Crippen molar-refractivity contribution in [2.45, 2.75) is 32.6 Å². The molecule has 0 bridgehead atoms. The Labute approximate surface area is 91.7 Å². The van der Waals surface area contributed by atoms with Gasteiger partial charge in [-0.05, 0) is 24.0 Å². The van der Waals surface area contributed by atoms with Crippen molar-refractivity contribution in [3.05, 3.63) is 29.8 Å². The molecule has 0 saturated heterocycles. The first-order valence-corrected chi connectivity index (χ1v) is 6.26. The van der Waals surface area contributed by atoms with E-state index in [1.165, 1.54) is 0 Å². The molecule has 84 valence electrons. The maximum absolute atomic E-state index is 8.84. The smallest absolute Gasteiger partial charge is 0.391 e. The molecule has 0 aliphatic heterocycles. The Hall–Kier alpha value is -0.630. The minimum absolute atomic E-state index is 0.376. The van der Waals surface area contributed by atoms with Crippen LogP contribution in [0.15, 0.2) is 24.3 Å². The van der Waals surface area contributed by atoms with E-state index in [9.17, 15) is 0 Å². The van der Waals surface area contributed by atoms with Crippen LogP contribution >= 0.6 is 8.60 Å². The molecule has 1 rings (SSSR count). The van der Waals surface area contributed by atoms with Gasteiger partial charge in [0.15, 0.2) is 0 Å². The van der Waals surface area contributed by atoms with Crippen molar-refractivity contribution in [3.63, 3.8) is 0 Å². The van der Waals surface area contributed by atoms with Crippen LogP contribution in [0.3, 0.4) is 0 Å². The predicted molar refractivity (Wildman–Crippen MR) is 61.8 cm³/mol. The lowest BCUT2D eigenvalue weighted by Gasteiger charge is -2.15. The van der Waals surface area contributed by atoms with E-state index >= 15 is 0 Å². The van der Waals surface area contributed by atoms with E-state index in [1.807, 2.05) is 18.2 Å². The number of rotatable bonds is 5. The number of para-hydroxylation sites is 1. The Morgan fingerprint density at radius 1 is 1.33 bits per heavy atom. The summed E-state index contributed by atoms with van der Waals surface area (Å²) in [6, 6.07) is 7.50. The van der Waals surface area contributed by atoms with Crippen LogP contribution in [0, 0.1) is 0 Å². The van der Waals surface area contributed by atoms with Gasteiger partial charge in [0.1, 0.15) is 5.75 Å². The van der Waals surface area contributed by atoms with Gasteiger partial charge in [-0.2, -0.15) is 0 Å². The molecule has 3 nitrogen and oxygen atoms in total. The Morgan fingerprint density at radius 2 is 2.00 bits per heavy atom. The number of benzene rings is 1. The van der Waals surface area contributed by atoms with Gasteiger partial charge in [-0.3, -0.25) is 0 Å². The van der Waals surface area contributed by atoms with Crippen molar-refractivity contribution >= 4 is 8.60 Å². The molecule has 0 saturated carbocycles. The summed E-state index contributed by atoms with van der Waals surface area (Å²) in [4.78, 5) is 17.7. The van der Waals surface area contributed by atoms with Crippen LogP contribution in [0.2, 0.25) is 0 Å². The molecule has 1 aromatic rings. The lowest BCUT2D eigenvalue weighted by Crippen LogP contribution is -1.97. The lowest BCUT2D eigenvalue weighted by molar-refractivity contribution is 0.372. The molecule has 0 spiro atoms. The summed E-state index contributed by atoms with van der Waals surface area (Å²) in [5.41, 5.74) is 1.04. The minimum atomic E-state index is -2.33. The topological polar surface area (TPSA) is 49.7 Å². The highest BCUT2D eigenvalue weighted by Crippen LogP contribution is 2.36. The van der Waals surface area contributed by atoms with Crippen molar-refractivity contribution in [2.24, 2.45) is 0 Å². The molecule has 0 aliphatic carbocycles. The summed E-state index contributed by atoms with van der Waals surface area (Å²) < 4.78 is 4.99. The number of hydrogen-bond acceptors (Lipinski definition) is 3. The molecule has 0 radical (unpaired) electrons. The molecule has 0 aliphatic rings. The fourth-order valence-electron chi connectivity index (χ4n) is 1.65. The molecule has 15 heavy (non-hydrogen) atoms. The molecular weight excluding hydrogens is 211 g/mol. The van der Waals surface area contributed by atoms with Gasteiger partial charge in [-0.25, -0.2) is 0 Å². The average Bonchev–Trinajstić information content (AvgIpc) is 2.18. The predicted octanol–water partition coefficient (Wildman–Crippen LogP) is 3.18. The van der Waals surface area contributed by atoms with Gasteiger partial charge in [0.05, 0.1) is 0 Å². The molecule has 1 unspecified atom stereocenters. The maximum Gasteiger partial charge on any atom is 0.391 e. The van der Waals surface area contributed by atoms with E-state index in [0.29, 0.717) is 11.7 Å². The van der Waals surface area contributed by atoms with Gasteiger partial charge in [-0.15, -0.1) is 0 Å². The van der Waals surface area contributed by atoms with Gasteiger partial charge in [0, 0.05) is 0 Å². The molecule has 2 N–H and O–H groups in total. The molecule has 1 aromatic carbocycles. The number of hydrogen-bond donors (Lipinski definition) is 2. The first kappa shape index (κ1) is 12.4.